The Hall–Kier alpha value is -1.27. The third-order valence-electron chi connectivity index (χ3n) is 2.97. The highest BCUT2D eigenvalue weighted by Crippen LogP contribution is 2.29. The van der Waals surface area contributed by atoms with Crippen LogP contribution in [0.25, 0.3) is 0 Å². The first-order valence-corrected chi connectivity index (χ1v) is 7.12. The van der Waals surface area contributed by atoms with Crippen LogP contribution in [0.3, 0.4) is 0 Å². The van der Waals surface area contributed by atoms with Gasteiger partial charge in [0.15, 0.2) is 11.5 Å². The summed E-state index contributed by atoms with van der Waals surface area (Å²) in [6, 6.07) is 5.80. The Morgan fingerprint density at radius 2 is 1.90 bits per heavy atom. The lowest BCUT2D eigenvalue weighted by atomic mass is 10.1. The molecule has 2 unspecified atom stereocenters. The van der Waals surface area contributed by atoms with Crippen LogP contribution in [0.2, 0.25) is 0 Å². The molecule has 0 aliphatic heterocycles. The minimum atomic E-state index is -0.366. The fourth-order valence-electron chi connectivity index (χ4n) is 1.73. The molecular formula is C14H20BrNO4. The molecule has 1 aromatic rings. The molecule has 112 valence electrons. The summed E-state index contributed by atoms with van der Waals surface area (Å²) < 4.78 is 15.1. The Morgan fingerprint density at radius 1 is 1.25 bits per heavy atom. The molecule has 0 aromatic heterocycles. The number of benzene rings is 1. The molecule has 0 saturated carbocycles. The standard InChI is InChI=1S/C14H20BrNO4/c1-9(16-8-11(15)14(17)20-4)10-5-6-12(18-2)13(7-10)19-3/h5-7,9,11,16H,8H2,1-4H3. The van der Waals surface area contributed by atoms with Gasteiger partial charge in [0.05, 0.1) is 21.3 Å². The number of hydrogen-bond acceptors (Lipinski definition) is 5. The third kappa shape index (κ3) is 4.38. The average molecular weight is 346 g/mol. The van der Waals surface area contributed by atoms with Gasteiger partial charge in [-0.1, -0.05) is 22.0 Å². The van der Waals surface area contributed by atoms with Crippen molar-refractivity contribution in [2.75, 3.05) is 27.9 Å². The van der Waals surface area contributed by atoms with E-state index in [2.05, 4.69) is 26.0 Å². The monoisotopic (exact) mass is 345 g/mol. The van der Waals surface area contributed by atoms with Gasteiger partial charge in [0.1, 0.15) is 4.83 Å². The summed E-state index contributed by atoms with van der Waals surface area (Å²) >= 11 is 3.27. The van der Waals surface area contributed by atoms with Crippen LogP contribution in [0.5, 0.6) is 11.5 Å². The summed E-state index contributed by atoms with van der Waals surface area (Å²) in [6.07, 6.45) is 0. The molecular weight excluding hydrogens is 326 g/mol. The van der Waals surface area contributed by atoms with E-state index in [4.69, 9.17) is 9.47 Å². The zero-order valence-electron chi connectivity index (χ0n) is 12.1. The Morgan fingerprint density at radius 3 is 2.45 bits per heavy atom. The lowest BCUT2D eigenvalue weighted by Gasteiger charge is -2.17. The largest absolute Gasteiger partial charge is 0.493 e. The minimum absolute atomic E-state index is 0.0690. The van der Waals surface area contributed by atoms with Crippen molar-refractivity contribution in [1.29, 1.82) is 0 Å². The van der Waals surface area contributed by atoms with E-state index in [1.165, 1.54) is 7.11 Å². The van der Waals surface area contributed by atoms with Crippen LogP contribution < -0.4 is 14.8 Å². The van der Waals surface area contributed by atoms with E-state index < -0.39 is 0 Å². The van der Waals surface area contributed by atoms with Gasteiger partial charge in [-0.3, -0.25) is 4.79 Å². The molecule has 0 amide bonds. The number of alkyl halides is 1. The van der Waals surface area contributed by atoms with Crippen molar-refractivity contribution in [2.24, 2.45) is 0 Å². The number of carbonyl (C=O) groups excluding carboxylic acids is 1. The molecule has 0 fully saturated rings. The molecule has 0 spiro atoms. The Kier molecular flexibility index (Phi) is 6.81. The summed E-state index contributed by atoms with van der Waals surface area (Å²) in [5.41, 5.74) is 1.05. The van der Waals surface area contributed by atoms with E-state index in [1.54, 1.807) is 14.2 Å². The fourth-order valence-corrected chi connectivity index (χ4v) is 2.11. The average Bonchev–Trinajstić information content (AvgIpc) is 2.50. The quantitative estimate of drug-likeness (QED) is 0.606. The zero-order chi connectivity index (χ0) is 15.1. The molecule has 20 heavy (non-hydrogen) atoms. The van der Waals surface area contributed by atoms with Gasteiger partial charge in [-0.2, -0.15) is 0 Å². The van der Waals surface area contributed by atoms with Crippen LogP contribution >= 0.6 is 15.9 Å². The molecule has 0 radical (unpaired) electrons. The second kappa shape index (κ2) is 8.11. The Balaban J connectivity index is 2.68. The van der Waals surface area contributed by atoms with Gasteiger partial charge in [0.25, 0.3) is 0 Å². The van der Waals surface area contributed by atoms with Crippen molar-refractivity contribution in [2.45, 2.75) is 17.8 Å². The van der Waals surface area contributed by atoms with Crippen molar-refractivity contribution in [3.63, 3.8) is 0 Å². The van der Waals surface area contributed by atoms with Gasteiger partial charge >= 0.3 is 5.97 Å². The molecule has 1 N–H and O–H groups in total. The number of nitrogens with one attached hydrogen (secondary N) is 1. The molecule has 6 heteroatoms. The summed E-state index contributed by atoms with van der Waals surface area (Å²) in [4.78, 5) is 10.9. The number of ether oxygens (including phenoxy) is 3. The van der Waals surface area contributed by atoms with Crippen LogP contribution in [0.4, 0.5) is 0 Å². The number of carbonyl (C=O) groups is 1. The predicted molar refractivity (Wildman–Crippen MR) is 80.7 cm³/mol. The molecule has 1 aromatic carbocycles. The van der Waals surface area contributed by atoms with Crippen LogP contribution in [-0.4, -0.2) is 38.7 Å². The molecule has 0 aliphatic rings. The normalized spacial score (nSPS) is 13.4. The number of methoxy groups -OCH3 is 3. The summed E-state index contributed by atoms with van der Waals surface area (Å²) in [5.74, 6) is 1.08. The van der Waals surface area contributed by atoms with Gasteiger partial charge in [-0.25, -0.2) is 0 Å². The number of hydrogen-bond donors (Lipinski definition) is 1. The highest BCUT2D eigenvalue weighted by atomic mass is 79.9. The summed E-state index contributed by atoms with van der Waals surface area (Å²) in [6.45, 7) is 2.49. The highest BCUT2D eigenvalue weighted by Gasteiger charge is 2.17. The van der Waals surface area contributed by atoms with Crippen molar-refractivity contribution >= 4 is 21.9 Å². The Bertz CT molecular complexity index is 453. The predicted octanol–water partition coefficient (Wildman–Crippen LogP) is 2.29. The number of halogens is 1. The number of rotatable bonds is 7. The van der Waals surface area contributed by atoms with Gasteiger partial charge < -0.3 is 19.5 Å². The van der Waals surface area contributed by atoms with Gasteiger partial charge in [0.2, 0.25) is 0 Å². The summed E-state index contributed by atoms with van der Waals surface area (Å²) in [7, 11) is 4.57. The van der Waals surface area contributed by atoms with E-state index in [9.17, 15) is 4.79 Å². The maximum absolute atomic E-state index is 11.3. The molecule has 2 atom stereocenters. The minimum Gasteiger partial charge on any atom is -0.493 e. The van der Waals surface area contributed by atoms with Crippen molar-refractivity contribution in [3.05, 3.63) is 23.8 Å². The molecule has 0 bridgehead atoms. The maximum Gasteiger partial charge on any atom is 0.320 e. The first-order chi connectivity index (χ1) is 9.53. The van der Waals surface area contributed by atoms with Crippen LogP contribution in [-0.2, 0) is 9.53 Å². The maximum atomic E-state index is 11.3. The lowest BCUT2D eigenvalue weighted by Crippen LogP contribution is -2.31. The van der Waals surface area contributed by atoms with E-state index in [0.29, 0.717) is 18.0 Å². The molecule has 5 nitrogen and oxygen atoms in total. The lowest BCUT2D eigenvalue weighted by molar-refractivity contribution is -0.139. The smallest absolute Gasteiger partial charge is 0.320 e. The topological polar surface area (TPSA) is 56.8 Å². The molecule has 0 heterocycles. The first kappa shape index (κ1) is 16.8. The van der Waals surface area contributed by atoms with Gasteiger partial charge in [0, 0.05) is 12.6 Å². The first-order valence-electron chi connectivity index (χ1n) is 6.20. The van der Waals surface area contributed by atoms with Crippen LogP contribution in [0.15, 0.2) is 18.2 Å². The highest BCUT2D eigenvalue weighted by molar-refractivity contribution is 9.10. The van der Waals surface area contributed by atoms with Gasteiger partial charge in [-0.15, -0.1) is 0 Å². The third-order valence-corrected chi connectivity index (χ3v) is 3.67. The zero-order valence-corrected chi connectivity index (χ0v) is 13.7. The van der Waals surface area contributed by atoms with E-state index >= 15 is 0 Å². The molecule has 1 rings (SSSR count). The second-order valence-corrected chi connectivity index (χ2v) is 5.34. The van der Waals surface area contributed by atoms with E-state index in [0.717, 1.165) is 5.56 Å². The SMILES string of the molecule is COC(=O)C(Br)CNC(C)c1ccc(OC)c(OC)c1. The van der Waals surface area contributed by atoms with E-state index in [1.807, 2.05) is 25.1 Å². The number of esters is 1. The molecule has 0 aliphatic carbocycles. The fraction of sp³-hybridized carbons (Fsp3) is 0.500. The van der Waals surface area contributed by atoms with Crippen molar-refractivity contribution in [3.8, 4) is 11.5 Å². The van der Waals surface area contributed by atoms with Crippen LogP contribution in [0, 0.1) is 0 Å². The second-order valence-electron chi connectivity index (χ2n) is 4.24. The summed E-state index contributed by atoms with van der Waals surface area (Å²) in [5, 5.41) is 3.26. The van der Waals surface area contributed by atoms with Crippen molar-refractivity contribution in [1.82, 2.24) is 5.32 Å². The Labute approximate surface area is 127 Å². The molecule has 0 saturated heterocycles. The van der Waals surface area contributed by atoms with E-state index in [-0.39, 0.29) is 16.8 Å². The van der Waals surface area contributed by atoms with Crippen molar-refractivity contribution < 1.29 is 19.0 Å². The van der Waals surface area contributed by atoms with Crippen LogP contribution in [0.1, 0.15) is 18.5 Å². The van der Waals surface area contributed by atoms with Gasteiger partial charge in [-0.05, 0) is 24.6 Å².